The van der Waals surface area contributed by atoms with Gasteiger partial charge in [-0.3, -0.25) is 9.59 Å². The molecule has 0 spiro atoms. The summed E-state index contributed by atoms with van der Waals surface area (Å²) >= 11 is 3.60. The lowest BCUT2D eigenvalue weighted by molar-refractivity contribution is -0.143. The summed E-state index contributed by atoms with van der Waals surface area (Å²) in [4.78, 5) is 29.1. The van der Waals surface area contributed by atoms with E-state index >= 15 is 0 Å². The Morgan fingerprint density at radius 1 is 0.974 bits per heavy atom. The summed E-state index contributed by atoms with van der Waals surface area (Å²) < 4.78 is 6.81. The topological polar surface area (TPSA) is 58.6 Å². The van der Waals surface area contributed by atoms with Crippen molar-refractivity contribution in [3.8, 4) is 5.75 Å². The predicted octanol–water partition coefficient (Wildman–Crippen LogP) is 6.99. The van der Waals surface area contributed by atoms with Gasteiger partial charge in [-0.15, -0.1) is 0 Å². The quantitative estimate of drug-likeness (QED) is 0.261. The molecule has 3 aromatic carbocycles. The van der Waals surface area contributed by atoms with Crippen molar-refractivity contribution >= 4 is 27.7 Å². The summed E-state index contributed by atoms with van der Waals surface area (Å²) in [6, 6.07) is 23.1. The molecule has 0 saturated heterocycles. The van der Waals surface area contributed by atoms with Crippen LogP contribution in [0, 0.1) is 6.92 Å². The first-order valence-corrected chi connectivity index (χ1v) is 14.4. The lowest BCUT2D eigenvalue weighted by atomic mass is 9.87. The van der Waals surface area contributed by atoms with E-state index in [9.17, 15) is 9.59 Å². The Morgan fingerprint density at radius 3 is 2.23 bits per heavy atom. The van der Waals surface area contributed by atoms with Crippen LogP contribution in [0.1, 0.15) is 63.3 Å². The zero-order valence-corrected chi connectivity index (χ0v) is 25.5. The average Bonchev–Trinajstić information content (AvgIpc) is 2.90. The van der Waals surface area contributed by atoms with Crippen molar-refractivity contribution in [2.75, 3.05) is 6.61 Å². The van der Waals surface area contributed by atoms with Crippen molar-refractivity contribution in [3.63, 3.8) is 0 Å². The summed E-state index contributed by atoms with van der Waals surface area (Å²) in [6.45, 7) is 12.6. The highest BCUT2D eigenvalue weighted by Gasteiger charge is 2.31. The predicted molar refractivity (Wildman–Crippen MR) is 162 cm³/mol. The molecule has 208 valence electrons. The van der Waals surface area contributed by atoms with Crippen molar-refractivity contribution in [1.82, 2.24) is 10.2 Å². The van der Waals surface area contributed by atoms with Crippen LogP contribution in [0.5, 0.6) is 5.75 Å². The molecule has 0 heterocycles. The van der Waals surface area contributed by atoms with Crippen LogP contribution in [0.3, 0.4) is 0 Å². The number of halogens is 1. The van der Waals surface area contributed by atoms with Gasteiger partial charge >= 0.3 is 0 Å². The zero-order chi connectivity index (χ0) is 28.6. The number of rotatable bonds is 11. The SMILES string of the molecule is CC[C@H](C)NC(=O)[C@H](Cc1ccccc1)N(Cc1ccc(C)cc1)C(=O)COc1ccc(C(C)(C)C)cc1Br. The lowest BCUT2D eigenvalue weighted by Gasteiger charge is -2.32. The molecule has 0 aliphatic heterocycles. The molecule has 5 nitrogen and oxygen atoms in total. The monoisotopic (exact) mass is 592 g/mol. The number of carbonyl (C=O) groups is 2. The van der Waals surface area contributed by atoms with Gasteiger partial charge in [0.25, 0.3) is 5.91 Å². The maximum absolute atomic E-state index is 13.8. The molecule has 6 heteroatoms. The van der Waals surface area contributed by atoms with E-state index in [1.807, 2.05) is 93.6 Å². The van der Waals surface area contributed by atoms with Gasteiger partial charge in [0.1, 0.15) is 11.8 Å². The highest BCUT2D eigenvalue weighted by Crippen LogP contribution is 2.31. The first-order chi connectivity index (χ1) is 18.5. The van der Waals surface area contributed by atoms with E-state index in [0.717, 1.165) is 27.6 Å². The molecular formula is C33H41BrN2O3. The second kappa shape index (κ2) is 13.8. The number of aryl methyl sites for hydroxylation is 1. The van der Waals surface area contributed by atoms with Crippen molar-refractivity contribution in [1.29, 1.82) is 0 Å². The lowest BCUT2D eigenvalue weighted by Crippen LogP contribution is -2.53. The highest BCUT2D eigenvalue weighted by atomic mass is 79.9. The summed E-state index contributed by atoms with van der Waals surface area (Å²) in [5, 5.41) is 3.10. The molecule has 1 N–H and O–H groups in total. The number of carbonyl (C=O) groups excluding carboxylic acids is 2. The molecule has 3 aromatic rings. The summed E-state index contributed by atoms with van der Waals surface area (Å²) in [7, 11) is 0. The second-order valence-electron chi connectivity index (χ2n) is 11.2. The summed E-state index contributed by atoms with van der Waals surface area (Å²) in [6.07, 6.45) is 1.21. The number of benzene rings is 3. The number of hydrogen-bond donors (Lipinski definition) is 1. The van der Waals surface area contributed by atoms with Crippen molar-refractivity contribution in [2.45, 2.75) is 78.4 Å². The highest BCUT2D eigenvalue weighted by molar-refractivity contribution is 9.10. The van der Waals surface area contributed by atoms with E-state index in [-0.39, 0.29) is 29.9 Å². The van der Waals surface area contributed by atoms with Crippen LogP contribution in [0.4, 0.5) is 0 Å². The van der Waals surface area contributed by atoms with E-state index in [0.29, 0.717) is 18.7 Å². The molecular weight excluding hydrogens is 552 g/mol. The Morgan fingerprint density at radius 2 is 1.64 bits per heavy atom. The third kappa shape index (κ3) is 8.96. The van der Waals surface area contributed by atoms with Crippen molar-refractivity contribution < 1.29 is 14.3 Å². The Hall–Kier alpha value is -3.12. The molecule has 2 atom stereocenters. The number of nitrogens with one attached hydrogen (secondary N) is 1. The molecule has 39 heavy (non-hydrogen) atoms. The molecule has 0 aliphatic rings. The van der Waals surface area contributed by atoms with Crippen LogP contribution in [-0.2, 0) is 28.0 Å². The molecule has 0 aromatic heterocycles. The van der Waals surface area contributed by atoms with Gasteiger partial charge in [0.2, 0.25) is 5.91 Å². The average molecular weight is 594 g/mol. The number of amides is 2. The minimum Gasteiger partial charge on any atom is -0.483 e. The van der Waals surface area contributed by atoms with Gasteiger partial charge in [-0.1, -0.05) is 93.9 Å². The zero-order valence-electron chi connectivity index (χ0n) is 24.0. The Bertz CT molecular complexity index is 1240. The van der Waals surface area contributed by atoms with Crippen LogP contribution < -0.4 is 10.1 Å². The molecule has 0 radical (unpaired) electrons. The van der Waals surface area contributed by atoms with Crippen LogP contribution in [-0.4, -0.2) is 35.4 Å². The van der Waals surface area contributed by atoms with Gasteiger partial charge in [0.15, 0.2) is 6.61 Å². The second-order valence-corrected chi connectivity index (χ2v) is 12.1. The van der Waals surface area contributed by atoms with E-state index in [2.05, 4.69) is 42.0 Å². The molecule has 0 bridgehead atoms. The van der Waals surface area contributed by atoms with Gasteiger partial charge in [0, 0.05) is 19.0 Å². The van der Waals surface area contributed by atoms with E-state index < -0.39 is 6.04 Å². The summed E-state index contributed by atoms with van der Waals surface area (Å²) in [5.74, 6) is 0.183. The number of nitrogens with zero attached hydrogens (tertiary/aromatic N) is 1. The van der Waals surface area contributed by atoms with Gasteiger partial charge in [-0.05, 0) is 70.4 Å². The first kappa shape index (κ1) is 30.4. The van der Waals surface area contributed by atoms with Gasteiger partial charge < -0.3 is 15.0 Å². The van der Waals surface area contributed by atoms with Crippen LogP contribution >= 0.6 is 15.9 Å². The third-order valence-corrected chi connectivity index (χ3v) is 7.51. The van der Waals surface area contributed by atoms with Crippen molar-refractivity contribution in [3.05, 3.63) is 99.5 Å². The van der Waals surface area contributed by atoms with Crippen molar-refractivity contribution in [2.24, 2.45) is 0 Å². The number of ether oxygens (including phenoxy) is 1. The van der Waals surface area contributed by atoms with E-state index in [1.165, 1.54) is 5.56 Å². The normalized spacial score (nSPS) is 12.9. The van der Waals surface area contributed by atoms with E-state index in [4.69, 9.17) is 4.74 Å². The molecule has 0 fully saturated rings. The largest absolute Gasteiger partial charge is 0.483 e. The maximum Gasteiger partial charge on any atom is 0.261 e. The smallest absolute Gasteiger partial charge is 0.261 e. The fraction of sp³-hybridized carbons (Fsp3) is 0.394. The van der Waals surface area contributed by atoms with Gasteiger partial charge in [-0.2, -0.15) is 0 Å². The fourth-order valence-corrected chi connectivity index (χ4v) is 4.69. The number of hydrogen-bond acceptors (Lipinski definition) is 3. The van der Waals surface area contributed by atoms with Gasteiger partial charge in [-0.25, -0.2) is 0 Å². The Balaban J connectivity index is 1.91. The molecule has 0 unspecified atom stereocenters. The molecule has 0 aliphatic carbocycles. The van der Waals surface area contributed by atoms with Crippen LogP contribution in [0.2, 0.25) is 0 Å². The molecule has 2 amide bonds. The standard InChI is InChI=1S/C33H41BrN2O3/c1-7-24(3)35-32(38)29(19-25-11-9-8-10-12-25)36(21-26-15-13-23(2)14-16-26)31(37)22-39-30-18-17-27(20-28(30)34)33(4,5)6/h8-18,20,24,29H,7,19,21-22H2,1-6H3,(H,35,38)/t24-,29-/m0/s1. The molecule has 3 rings (SSSR count). The van der Waals surface area contributed by atoms with E-state index in [1.54, 1.807) is 4.90 Å². The fourth-order valence-electron chi connectivity index (χ4n) is 4.19. The van der Waals surface area contributed by atoms with Crippen LogP contribution in [0.15, 0.2) is 77.3 Å². The Labute approximate surface area is 242 Å². The summed E-state index contributed by atoms with van der Waals surface area (Å²) in [5.41, 5.74) is 4.25. The van der Waals surface area contributed by atoms with Crippen LogP contribution in [0.25, 0.3) is 0 Å². The van der Waals surface area contributed by atoms with Gasteiger partial charge in [0.05, 0.1) is 4.47 Å². The molecule has 0 saturated carbocycles. The minimum absolute atomic E-state index is 0.000589. The Kier molecular flexibility index (Phi) is 10.8. The maximum atomic E-state index is 13.8. The third-order valence-electron chi connectivity index (χ3n) is 6.89. The first-order valence-electron chi connectivity index (χ1n) is 13.6. The minimum atomic E-state index is -0.689.